The summed E-state index contributed by atoms with van der Waals surface area (Å²) in [7, 11) is 0. The van der Waals surface area contributed by atoms with E-state index in [0.717, 1.165) is 4.47 Å². The van der Waals surface area contributed by atoms with Gasteiger partial charge in [-0.25, -0.2) is 0 Å². The second-order valence-corrected chi connectivity index (χ2v) is 7.42. The number of halogens is 1. The van der Waals surface area contributed by atoms with Crippen LogP contribution >= 0.6 is 15.9 Å². The molecule has 0 bridgehead atoms. The second kappa shape index (κ2) is 6.48. The molecule has 1 fully saturated rings. The summed E-state index contributed by atoms with van der Waals surface area (Å²) in [5.74, 6) is 1.31. The predicted molar refractivity (Wildman–Crippen MR) is 91.1 cm³/mol. The molecule has 2 nitrogen and oxygen atoms in total. The van der Waals surface area contributed by atoms with Crippen LogP contribution in [0, 0.1) is 18.8 Å². The molecule has 2 atom stereocenters. The normalized spacial score (nSPS) is 26.8. The largest absolute Gasteiger partial charge is 0.377 e. The van der Waals surface area contributed by atoms with Crippen molar-refractivity contribution in [2.45, 2.75) is 52.0 Å². The highest BCUT2D eigenvalue weighted by Gasteiger charge is 2.41. The molecule has 2 rings (SSSR count). The summed E-state index contributed by atoms with van der Waals surface area (Å²) in [4.78, 5) is 0. The number of nitrogens with one attached hydrogen (secondary N) is 1. The molecule has 0 amide bonds. The zero-order valence-electron chi connectivity index (χ0n) is 12.9. The topological polar surface area (TPSA) is 38.0 Å². The summed E-state index contributed by atoms with van der Waals surface area (Å²) < 4.78 is 1.13. The monoisotopic (exact) mass is 338 g/mol. The molecule has 1 aromatic carbocycles. The van der Waals surface area contributed by atoms with Gasteiger partial charge >= 0.3 is 0 Å². The first-order chi connectivity index (χ1) is 9.48. The van der Waals surface area contributed by atoms with Crippen LogP contribution in [0.5, 0.6) is 0 Å². The van der Waals surface area contributed by atoms with Gasteiger partial charge in [0.1, 0.15) is 0 Å². The van der Waals surface area contributed by atoms with Gasteiger partial charge in [0.15, 0.2) is 0 Å². The van der Waals surface area contributed by atoms with Gasteiger partial charge in [-0.05, 0) is 65.2 Å². The molecule has 3 N–H and O–H groups in total. The summed E-state index contributed by atoms with van der Waals surface area (Å²) in [5, 5.41) is 3.81. The highest BCUT2D eigenvalue weighted by atomic mass is 79.9. The minimum atomic E-state index is 0.0444. The zero-order chi connectivity index (χ0) is 14.8. The van der Waals surface area contributed by atoms with E-state index < -0.39 is 0 Å². The molecular formula is C17H27BrN2. The van der Waals surface area contributed by atoms with Crippen molar-refractivity contribution in [1.82, 2.24) is 0 Å². The van der Waals surface area contributed by atoms with Crippen LogP contribution in [0.15, 0.2) is 22.7 Å². The maximum absolute atomic E-state index is 6.22. The molecule has 0 aliphatic heterocycles. The lowest BCUT2D eigenvalue weighted by atomic mass is 9.67. The van der Waals surface area contributed by atoms with Crippen molar-refractivity contribution in [3.05, 3.63) is 28.2 Å². The fourth-order valence-corrected chi connectivity index (χ4v) is 4.05. The Morgan fingerprint density at radius 3 is 2.80 bits per heavy atom. The van der Waals surface area contributed by atoms with Crippen molar-refractivity contribution in [3.63, 3.8) is 0 Å². The molecule has 1 saturated carbocycles. The van der Waals surface area contributed by atoms with Crippen molar-refractivity contribution in [2.24, 2.45) is 17.6 Å². The number of nitrogens with two attached hydrogens (primary N) is 1. The Morgan fingerprint density at radius 2 is 2.15 bits per heavy atom. The average Bonchev–Trinajstić information content (AvgIpc) is 2.43. The van der Waals surface area contributed by atoms with Crippen molar-refractivity contribution >= 4 is 21.6 Å². The Morgan fingerprint density at radius 1 is 1.40 bits per heavy atom. The number of aryl methyl sites for hydroxylation is 1. The first kappa shape index (κ1) is 15.8. The highest BCUT2D eigenvalue weighted by molar-refractivity contribution is 9.10. The van der Waals surface area contributed by atoms with Crippen LogP contribution < -0.4 is 11.1 Å². The Labute approximate surface area is 131 Å². The van der Waals surface area contributed by atoms with Crippen LogP contribution in [0.25, 0.3) is 0 Å². The van der Waals surface area contributed by atoms with Gasteiger partial charge in [0.2, 0.25) is 0 Å². The number of hydrogen-bond acceptors (Lipinski definition) is 2. The molecule has 0 aromatic heterocycles. The molecule has 0 saturated heterocycles. The van der Waals surface area contributed by atoms with E-state index in [1.807, 2.05) is 0 Å². The van der Waals surface area contributed by atoms with E-state index in [1.165, 1.54) is 36.9 Å². The van der Waals surface area contributed by atoms with Gasteiger partial charge in [0.05, 0.1) is 5.54 Å². The van der Waals surface area contributed by atoms with Gasteiger partial charge in [0.25, 0.3) is 0 Å². The van der Waals surface area contributed by atoms with E-state index in [9.17, 15) is 0 Å². The SMILES string of the molecule is Cc1ccc(Br)c(NC2(CN)CCCCC2C(C)C)c1. The first-order valence-corrected chi connectivity index (χ1v) is 8.52. The summed E-state index contributed by atoms with van der Waals surface area (Å²) in [6.07, 6.45) is 5.07. The third-order valence-corrected chi connectivity index (χ3v) is 5.46. The molecule has 1 aromatic rings. The van der Waals surface area contributed by atoms with Crippen molar-refractivity contribution in [1.29, 1.82) is 0 Å². The maximum Gasteiger partial charge on any atom is 0.0526 e. The van der Waals surface area contributed by atoms with E-state index in [1.54, 1.807) is 0 Å². The quantitative estimate of drug-likeness (QED) is 0.833. The Kier molecular flexibility index (Phi) is 5.14. The maximum atomic E-state index is 6.22. The number of anilines is 1. The van der Waals surface area contributed by atoms with Crippen LogP contribution in [-0.2, 0) is 0 Å². The molecule has 0 spiro atoms. The molecule has 20 heavy (non-hydrogen) atoms. The van der Waals surface area contributed by atoms with Crippen molar-refractivity contribution in [3.8, 4) is 0 Å². The standard InChI is InChI=1S/C17H27BrN2/c1-12(2)14-6-4-5-9-17(14,11-19)20-16-10-13(3)7-8-15(16)18/h7-8,10,12,14,20H,4-6,9,11,19H2,1-3H3. The third-order valence-electron chi connectivity index (χ3n) is 4.77. The van der Waals surface area contributed by atoms with Crippen molar-refractivity contribution < 1.29 is 0 Å². The van der Waals surface area contributed by atoms with Crippen LogP contribution in [0.1, 0.15) is 45.1 Å². The molecule has 1 aliphatic carbocycles. The smallest absolute Gasteiger partial charge is 0.0526 e. The first-order valence-electron chi connectivity index (χ1n) is 7.73. The number of benzene rings is 1. The highest BCUT2D eigenvalue weighted by Crippen LogP contribution is 2.41. The van der Waals surface area contributed by atoms with Gasteiger partial charge in [0, 0.05) is 16.7 Å². The molecule has 0 heterocycles. The van der Waals surface area contributed by atoms with Crippen LogP contribution in [0.2, 0.25) is 0 Å². The van der Waals surface area contributed by atoms with Crippen molar-refractivity contribution in [2.75, 3.05) is 11.9 Å². The number of hydrogen-bond donors (Lipinski definition) is 2. The van der Waals surface area contributed by atoms with Crippen LogP contribution in [0.4, 0.5) is 5.69 Å². The molecule has 0 radical (unpaired) electrons. The summed E-state index contributed by atoms with van der Waals surface area (Å²) in [6.45, 7) is 7.49. The van der Waals surface area contributed by atoms with E-state index in [4.69, 9.17) is 5.73 Å². The summed E-state index contributed by atoms with van der Waals surface area (Å²) >= 11 is 3.66. The predicted octanol–water partition coefficient (Wildman–Crippen LogP) is 4.71. The molecule has 3 heteroatoms. The van der Waals surface area contributed by atoms with Gasteiger partial charge in [-0.2, -0.15) is 0 Å². The van der Waals surface area contributed by atoms with E-state index >= 15 is 0 Å². The lowest BCUT2D eigenvalue weighted by Crippen LogP contribution is -2.55. The number of rotatable bonds is 4. The minimum absolute atomic E-state index is 0.0444. The van der Waals surface area contributed by atoms with Crippen LogP contribution in [0.3, 0.4) is 0 Å². The molecular weight excluding hydrogens is 312 g/mol. The van der Waals surface area contributed by atoms with Gasteiger partial charge < -0.3 is 11.1 Å². The summed E-state index contributed by atoms with van der Waals surface area (Å²) in [5.41, 5.74) is 8.73. The van der Waals surface area contributed by atoms with E-state index in [0.29, 0.717) is 18.4 Å². The lowest BCUT2D eigenvalue weighted by Gasteiger charge is -2.47. The van der Waals surface area contributed by atoms with Gasteiger partial charge in [-0.15, -0.1) is 0 Å². The fraction of sp³-hybridized carbons (Fsp3) is 0.647. The van der Waals surface area contributed by atoms with E-state index in [2.05, 4.69) is 60.2 Å². The minimum Gasteiger partial charge on any atom is -0.377 e. The van der Waals surface area contributed by atoms with E-state index in [-0.39, 0.29) is 5.54 Å². The Hall–Kier alpha value is -0.540. The zero-order valence-corrected chi connectivity index (χ0v) is 14.5. The third kappa shape index (κ3) is 3.20. The summed E-state index contributed by atoms with van der Waals surface area (Å²) in [6, 6.07) is 6.47. The Balaban J connectivity index is 2.32. The molecule has 112 valence electrons. The second-order valence-electron chi connectivity index (χ2n) is 6.56. The van der Waals surface area contributed by atoms with Crippen LogP contribution in [-0.4, -0.2) is 12.1 Å². The van der Waals surface area contributed by atoms with Gasteiger partial charge in [-0.1, -0.05) is 32.8 Å². The fourth-order valence-electron chi connectivity index (χ4n) is 3.70. The lowest BCUT2D eigenvalue weighted by molar-refractivity contribution is 0.166. The van der Waals surface area contributed by atoms with Gasteiger partial charge in [-0.3, -0.25) is 0 Å². The average molecular weight is 339 g/mol. The molecule has 2 unspecified atom stereocenters. The Bertz CT molecular complexity index is 458. The molecule has 1 aliphatic rings.